The number of tetrazole rings is 1. The van der Waals surface area contributed by atoms with Crippen LogP contribution in [0.4, 0.5) is 5.69 Å². The van der Waals surface area contributed by atoms with E-state index in [4.69, 9.17) is 0 Å². The molecule has 0 spiro atoms. The third-order valence-corrected chi connectivity index (χ3v) is 4.49. The first-order valence-electron chi connectivity index (χ1n) is 7.21. The van der Waals surface area contributed by atoms with E-state index in [9.17, 15) is 0 Å². The summed E-state index contributed by atoms with van der Waals surface area (Å²) in [6.07, 6.45) is 4.27. The molecule has 1 atom stereocenters. The van der Waals surface area contributed by atoms with E-state index in [1.165, 1.54) is 38.2 Å². The average Bonchev–Trinajstić information content (AvgIpc) is 3.04. The third-order valence-electron chi connectivity index (χ3n) is 4.49. The van der Waals surface area contributed by atoms with Crippen molar-refractivity contribution >= 4 is 5.69 Å². The smallest absolute Gasteiger partial charge is 0.143 e. The molecule has 0 radical (unpaired) electrons. The topological polar surface area (TPSA) is 58.9 Å². The number of nitrogens with one attached hydrogen (secondary N) is 1. The van der Waals surface area contributed by atoms with Gasteiger partial charge in [-0.2, -0.15) is 0 Å². The molecule has 6 heteroatoms. The molecule has 0 saturated carbocycles. The molecule has 3 fully saturated rings. The number of benzene rings is 1. The number of anilines is 1. The second kappa shape index (κ2) is 4.86. The molecule has 3 aliphatic rings. The lowest BCUT2D eigenvalue weighted by Crippen LogP contribution is -2.53. The van der Waals surface area contributed by atoms with Gasteiger partial charge in [0.1, 0.15) is 6.33 Å². The Labute approximate surface area is 117 Å². The fourth-order valence-corrected chi connectivity index (χ4v) is 3.33. The van der Waals surface area contributed by atoms with Crippen LogP contribution in [0.15, 0.2) is 30.6 Å². The minimum atomic E-state index is 0.594. The normalized spacial score (nSPS) is 28.5. The zero-order valence-electron chi connectivity index (χ0n) is 11.3. The van der Waals surface area contributed by atoms with Gasteiger partial charge in [0, 0.05) is 18.3 Å². The maximum atomic E-state index is 3.89. The van der Waals surface area contributed by atoms with E-state index in [0.29, 0.717) is 6.04 Å². The monoisotopic (exact) mass is 270 g/mol. The number of aromatic nitrogens is 4. The fraction of sp³-hybridized carbons (Fsp3) is 0.500. The highest BCUT2D eigenvalue weighted by molar-refractivity contribution is 5.49. The summed E-state index contributed by atoms with van der Waals surface area (Å²) in [7, 11) is 0. The highest BCUT2D eigenvalue weighted by atomic mass is 15.5. The van der Waals surface area contributed by atoms with Crippen molar-refractivity contribution in [3.8, 4) is 5.69 Å². The van der Waals surface area contributed by atoms with Crippen molar-refractivity contribution in [3.05, 3.63) is 30.6 Å². The number of hydrogen-bond donors (Lipinski definition) is 1. The Morgan fingerprint density at radius 2 is 1.90 bits per heavy atom. The lowest BCUT2D eigenvalue weighted by Gasteiger charge is -2.45. The molecule has 3 saturated heterocycles. The van der Waals surface area contributed by atoms with Crippen LogP contribution in [0.5, 0.6) is 0 Å². The summed E-state index contributed by atoms with van der Waals surface area (Å²) in [5, 5.41) is 14.9. The van der Waals surface area contributed by atoms with Gasteiger partial charge in [-0.1, -0.05) is 0 Å². The van der Waals surface area contributed by atoms with Gasteiger partial charge in [-0.3, -0.25) is 0 Å². The van der Waals surface area contributed by atoms with E-state index in [-0.39, 0.29) is 0 Å². The number of rotatable bonds is 3. The van der Waals surface area contributed by atoms with Gasteiger partial charge >= 0.3 is 0 Å². The molecule has 2 bridgehead atoms. The van der Waals surface area contributed by atoms with Crippen LogP contribution in [0.1, 0.15) is 12.8 Å². The first kappa shape index (κ1) is 11.8. The second-order valence-electron chi connectivity index (χ2n) is 5.69. The van der Waals surface area contributed by atoms with Gasteiger partial charge in [0.15, 0.2) is 0 Å². The van der Waals surface area contributed by atoms with Crippen LogP contribution in [0, 0.1) is 5.92 Å². The van der Waals surface area contributed by atoms with Crippen molar-refractivity contribution in [2.24, 2.45) is 5.92 Å². The summed E-state index contributed by atoms with van der Waals surface area (Å²) >= 11 is 0. The molecule has 104 valence electrons. The summed E-state index contributed by atoms with van der Waals surface area (Å²) in [6, 6.07) is 8.89. The predicted octanol–water partition coefficient (Wildman–Crippen LogP) is 1.17. The van der Waals surface area contributed by atoms with Gasteiger partial charge in [0.25, 0.3) is 0 Å². The lowest BCUT2D eigenvalue weighted by molar-refractivity contribution is 0.0975. The van der Waals surface area contributed by atoms with Crippen LogP contribution in [-0.4, -0.2) is 50.8 Å². The molecule has 0 aliphatic carbocycles. The van der Waals surface area contributed by atoms with Crippen LogP contribution in [0.3, 0.4) is 0 Å². The first-order chi connectivity index (χ1) is 9.88. The van der Waals surface area contributed by atoms with Crippen molar-refractivity contribution in [3.63, 3.8) is 0 Å². The molecular formula is C14H18N6. The van der Waals surface area contributed by atoms with E-state index in [1.807, 2.05) is 12.1 Å². The van der Waals surface area contributed by atoms with Crippen LogP contribution in [-0.2, 0) is 0 Å². The van der Waals surface area contributed by atoms with Gasteiger partial charge < -0.3 is 10.2 Å². The minimum Gasteiger partial charge on any atom is -0.381 e. The molecule has 6 nitrogen and oxygen atoms in total. The highest BCUT2D eigenvalue weighted by Crippen LogP contribution is 2.29. The van der Waals surface area contributed by atoms with Gasteiger partial charge in [-0.15, -0.1) is 5.10 Å². The number of fused-ring (bicyclic) bond motifs is 3. The Kier molecular flexibility index (Phi) is 2.88. The SMILES string of the molecule is c1cc(-n2cnnn2)ccc1N[C@H]1CN2CCC1CC2. The highest BCUT2D eigenvalue weighted by Gasteiger charge is 2.33. The van der Waals surface area contributed by atoms with E-state index >= 15 is 0 Å². The Balaban J connectivity index is 1.47. The number of piperidine rings is 3. The minimum absolute atomic E-state index is 0.594. The molecule has 0 unspecified atom stereocenters. The molecule has 2 aromatic rings. The van der Waals surface area contributed by atoms with Crippen molar-refractivity contribution in [1.29, 1.82) is 0 Å². The van der Waals surface area contributed by atoms with E-state index in [1.54, 1.807) is 11.0 Å². The quantitative estimate of drug-likeness (QED) is 0.907. The van der Waals surface area contributed by atoms with Crippen molar-refractivity contribution in [2.75, 3.05) is 25.0 Å². The zero-order chi connectivity index (χ0) is 13.4. The maximum Gasteiger partial charge on any atom is 0.143 e. The average molecular weight is 270 g/mol. The Bertz CT molecular complexity index is 556. The largest absolute Gasteiger partial charge is 0.381 e. The maximum absolute atomic E-state index is 3.89. The third kappa shape index (κ3) is 2.16. The summed E-state index contributed by atoms with van der Waals surface area (Å²) in [5.41, 5.74) is 2.16. The summed E-state index contributed by atoms with van der Waals surface area (Å²) in [4.78, 5) is 2.56. The van der Waals surface area contributed by atoms with Crippen LogP contribution < -0.4 is 5.32 Å². The van der Waals surface area contributed by atoms with E-state index in [2.05, 4.69) is 37.9 Å². The predicted molar refractivity (Wildman–Crippen MR) is 75.7 cm³/mol. The van der Waals surface area contributed by atoms with Crippen LogP contribution in [0.25, 0.3) is 5.69 Å². The van der Waals surface area contributed by atoms with Crippen LogP contribution >= 0.6 is 0 Å². The van der Waals surface area contributed by atoms with Crippen molar-refractivity contribution in [2.45, 2.75) is 18.9 Å². The number of hydrogen-bond acceptors (Lipinski definition) is 5. The van der Waals surface area contributed by atoms with Gasteiger partial charge in [-0.25, -0.2) is 4.68 Å². The molecule has 1 N–H and O–H groups in total. The Morgan fingerprint density at radius 3 is 2.50 bits per heavy atom. The first-order valence-corrected chi connectivity index (χ1v) is 7.21. The van der Waals surface area contributed by atoms with Crippen LogP contribution in [0.2, 0.25) is 0 Å². The van der Waals surface area contributed by atoms with Crippen molar-refractivity contribution in [1.82, 2.24) is 25.1 Å². The standard InChI is InChI=1S/C14H18N6/c1-3-13(20-10-15-17-18-20)4-2-12(1)16-14-9-19-7-5-11(14)6-8-19/h1-4,10-11,14,16H,5-9H2/t14-/m0/s1. The number of nitrogens with zero attached hydrogens (tertiary/aromatic N) is 5. The molecule has 4 heterocycles. The molecular weight excluding hydrogens is 252 g/mol. The van der Waals surface area contributed by atoms with Gasteiger partial charge in [0.05, 0.1) is 5.69 Å². The molecule has 3 aliphatic heterocycles. The van der Waals surface area contributed by atoms with Gasteiger partial charge in [0.2, 0.25) is 0 Å². The van der Waals surface area contributed by atoms with E-state index < -0.39 is 0 Å². The summed E-state index contributed by atoms with van der Waals surface area (Å²) in [6.45, 7) is 3.74. The van der Waals surface area contributed by atoms with E-state index in [0.717, 1.165) is 11.6 Å². The second-order valence-corrected chi connectivity index (χ2v) is 5.69. The lowest BCUT2D eigenvalue weighted by atomic mass is 9.84. The zero-order valence-corrected chi connectivity index (χ0v) is 11.3. The molecule has 0 amide bonds. The molecule has 1 aromatic carbocycles. The Hall–Kier alpha value is -1.95. The fourth-order valence-electron chi connectivity index (χ4n) is 3.33. The molecule has 20 heavy (non-hydrogen) atoms. The summed E-state index contributed by atoms with van der Waals surface area (Å²) < 4.78 is 1.66. The van der Waals surface area contributed by atoms with Gasteiger partial charge in [-0.05, 0) is 66.5 Å². The molecule has 1 aromatic heterocycles. The van der Waals surface area contributed by atoms with Crippen molar-refractivity contribution < 1.29 is 0 Å². The summed E-state index contributed by atoms with van der Waals surface area (Å²) in [5.74, 6) is 0.833. The Morgan fingerprint density at radius 1 is 1.10 bits per heavy atom. The molecule has 5 rings (SSSR count).